The van der Waals surface area contributed by atoms with Crippen molar-refractivity contribution < 1.29 is 22.7 Å². The molecule has 1 aromatic heterocycles. The van der Waals surface area contributed by atoms with Gasteiger partial charge in [0.15, 0.2) is 6.61 Å². The minimum atomic E-state index is -4.57. The number of aromatic amines is 1. The molecule has 0 atom stereocenters. The van der Waals surface area contributed by atoms with Crippen LogP contribution in [0.1, 0.15) is 5.56 Å². The summed E-state index contributed by atoms with van der Waals surface area (Å²) in [6, 6.07) is 7.57. The molecule has 1 amide bonds. The number of benzene rings is 1. The average Bonchev–Trinajstić information content (AvgIpc) is 2.46. The van der Waals surface area contributed by atoms with Crippen molar-refractivity contribution in [2.75, 3.05) is 11.9 Å². The van der Waals surface area contributed by atoms with E-state index >= 15 is 0 Å². The van der Waals surface area contributed by atoms with Gasteiger partial charge in [0.2, 0.25) is 0 Å². The number of halogens is 3. The van der Waals surface area contributed by atoms with Crippen molar-refractivity contribution in [1.29, 1.82) is 0 Å². The highest BCUT2D eigenvalue weighted by Crippen LogP contribution is 2.21. The molecular weight excluding hydrogens is 315 g/mol. The monoisotopic (exact) mass is 327 g/mol. The van der Waals surface area contributed by atoms with Gasteiger partial charge in [-0.3, -0.25) is 10.1 Å². The van der Waals surface area contributed by atoms with Crippen LogP contribution < -0.4 is 10.9 Å². The summed E-state index contributed by atoms with van der Waals surface area (Å²) in [4.78, 5) is 22.3. The Hall–Kier alpha value is -2.84. The molecule has 0 unspecified atom stereocenters. The number of ether oxygens (including phenoxy) is 1. The number of hydrogen-bond acceptors (Lipinski definition) is 4. The van der Waals surface area contributed by atoms with Gasteiger partial charge in [-0.05, 0) is 24.6 Å². The van der Waals surface area contributed by atoms with E-state index in [9.17, 15) is 22.8 Å². The summed E-state index contributed by atoms with van der Waals surface area (Å²) in [5.74, 6) is 0. The van der Waals surface area contributed by atoms with Gasteiger partial charge in [-0.15, -0.1) is 0 Å². The number of H-pyrrole nitrogens is 1. The predicted molar refractivity (Wildman–Crippen MR) is 76.1 cm³/mol. The molecule has 2 N–H and O–H groups in total. The van der Waals surface area contributed by atoms with Crippen LogP contribution in [-0.2, 0) is 4.74 Å². The van der Waals surface area contributed by atoms with Crippen molar-refractivity contribution in [2.24, 2.45) is 0 Å². The lowest BCUT2D eigenvalue weighted by atomic mass is 10.1. The van der Waals surface area contributed by atoms with Gasteiger partial charge in [0.25, 0.3) is 5.56 Å². The molecule has 0 fully saturated rings. The first-order chi connectivity index (χ1) is 10.7. The second-order valence-electron chi connectivity index (χ2n) is 4.66. The van der Waals surface area contributed by atoms with E-state index in [1.165, 1.54) is 18.2 Å². The Kier molecular flexibility index (Phi) is 4.68. The molecule has 122 valence electrons. The zero-order valence-electron chi connectivity index (χ0n) is 11.9. The number of hydrogen-bond donors (Lipinski definition) is 2. The van der Waals surface area contributed by atoms with Gasteiger partial charge >= 0.3 is 12.3 Å². The van der Waals surface area contributed by atoms with Gasteiger partial charge in [-0.1, -0.05) is 12.1 Å². The largest absolute Gasteiger partial charge is 0.440 e. The van der Waals surface area contributed by atoms with Crippen LogP contribution in [0, 0.1) is 6.92 Å². The van der Waals surface area contributed by atoms with E-state index in [4.69, 9.17) is 0 Å². The van der Waals surface area contributed by atoms with Crippen molar-refractivity contribution in [3.8, 4) is 11.3 Å². The number of carbonyl (C=O) groups excluding carboxylic acids is 1. The Morgan fingerprint density at radius 3 is 2.52 bits per heavy atom. The maximum Gasteiger partial charge on any atom is 0.422 e. The maximum absolute atomic E-state index is 11.9. The zero-order valence-corrected chi connectivity index (χ0v) is 11.9. The van der Waals surface area contributed by atoms with E-state index < -0.39 is 18.9 Å². The van der Waals surface area contributed by atoms with Gasteiger partial charge in [-0.2, -0.15) is 18.3 Å². The fourth-order valence-corrected chi connectivity index (χ4v) is 1.80. The number of aromatic nitrogens is 2. The molecule has 0 radical (unpaired) electrons. The SMILES string of the molecule is Cc1cc(=O)[nH]nc1-c1ccc(NC(=O)OCC(F)(F)F)cc1. The highest BCUT2D eigenvalue weighted by Gasteiger charge is 2.29. The van der Waals surface area contributed by atoms with Crippen molar-refractivity contribution in [3.63, 3.8) is 0 Å². The minimum Gasteiger partial charge on any atom is -0.440 e. The zero-order chi connectivity index (χ0) is 17.0. The fraction of sp³-hybridized carbons (Fsp3) is 0.214. The van der Waals surface area contributed by atoms with Gasteiger partial charge in [0.1, 0.15) is 0 Å². The molecule has 0 saturated carbocycles. The Morgan fingerprint density at radius 2 is 1.96 bits per heavy atom. The van der Waals surface area contributed by atoms with E-state index in [-0.39, 0.29) is 11.2 Å². The minimum absolute atomic E-state index is 0.267. The lowest BCUT2D eigenvalue weighted by molar-refractivity contribution is -0.159. The summed E-state index contributed by atoms with van der Waals surface area (Å²) < 4.78 is 39.8. The molecule has 1 heterocycles. The lowest BCUT2D eigenvalue weighted by Crippen LogP contribution is -2.23. The van der Waals surface area contributed by atoms with E-state index in [2.05, 4.69) is 20.3 Å². The van der Waals surface area contributed by atoms with E-state index in [0.717, 1.165) is 0 Å². The second-order valence-corrected chi connectivity index (χ2v) is 4.66. The summed E-state index contributed by atoms with van der Waals surface area (Å²) in [5, 5.41) is 8.41. The molecule has 23 heavy (non-hydrogen) atoms. The molecule has 6 nitrogen and oxygen atoms in total. The molecule has 2 rings (SSSR count). The second kappa shape index (κ2) is 6.51. The number of alkyl halides is 3. The third kappa shape index (κ3) is 4.83. The van der Waals surface area contributed by atoms with Crippen LogP contribution in [0.3, 0.4) is 0 Å². The maximum atomic E-state index is 11.9. The summed E-state index contributed by atoms with van der Waals surface area (Å²) in [6.45, 7) is 0.0651. The number of anilines is 1. The summed E-state index contributed by atoms with van der Waals surface area (Å²) in [5.41, 5.74) is 1.84. The smallest absolute Gasteiger partial charge is 0.422 e. The molecule has 0 saturated heterocycles. The van der Waals surface area contributed by atoms with Crippen LogP contribution in [0.15, 0.2) is 35.1 Å². The number of amides is 1. The summed E-state index contributed by atoms with van der Waals surface area (Å²) >= 11 is 0. The fourth-order valence-electron chi connectivity index (χ4n) is 1.80. The van der Waals surface area contributed by atoms with Crippen LogP contribution in [0.25, 0.3) is 11.3 Å². The van der Waals surface area contributed by atoms with Crippen molar-refractivity contribution in [1.82, 2.24) is 10.2 Å². The Bertz CT molecular complexity index is 754. The number of nitrogens with zero attached hydrogens (tertiary/aromatic N) is 1. The van der Waals surface area contributed by atoms with Crippen LogP contribution >= 0.6 is 0 Å². The van der Waals surface area contributed by atoms with Gasteiger partial charge in [0, 0.05) is 17.3 Å². The van der Waals surface area contributed by atoms with E-state index in [1.54, 1.807) is 19.1 Å². The van der Waals surface area contributed by atoms with Crippen LogP contribution in [0.4, 0.5) is 23.7 Å². The Morgan fingerprint density at radius 1 is 1.30 bits per heavy atom. The summed E-state index contributed by atoms with van der Waals surface area (Å²) in [6.07, 6.45) is -5.78. The van der Waals surface area contributed by atoms with E-state index in [1.807, 2.05) is 0 Å². The van der Waals surface area contributed by atoms with Gasteiger partial charge in [-0.25, -0.2) is 9.89 Å². The lowest BCUT2D eigenvalue weighted by Gasteiger charge is -2.09. The first-order valence-electron chi connectivity index (χ1n) is 6.42. The number of rotatable bonds is 3. The van der Waals surface area contributed by atoms with Crippen molar-refractivity contribution >= 4 is 11.8 Å². The molecule has 2 aromatic rings. The average molecular weight is 327 g/mol. The standard InChI is InChI=1S/C14H12F3N3O3/c1-8-6-11(21)19-20-12(8)9-2-4-10(5-3-9)18-13(22)23-7-14(15,16)17/h2-6H,7H2,1H3,(H,18,22)(H,19,21). The normalized spacial score (nSPS) is 11.1. The Balaban J connectivity index is 2.05. The quantitative estimate of drug-likeness (QED) is 0.908. The van der Waals surface area contributed by atoms with E-state index in [0.29, 0.717) is 16.8 Å². The highest BCUT2D eigenvalue weighted by atomic mass is 19.4. The predicted octanol–water partition coefficient (Wildman–Crippen LogP) is 2.86. The third-order valence-corrected chi connectivity index (χ3v) is 2.77. The van der Waals surface area contributed by atoms with Crippen LogP contribution in [-0.4, -0.2) is 29.1 Å². The molecule has 1 aromatic carbocycles. The topological polar surface area (TPSA) is 84.1 Å². The molecular formula is C14H12F3N3O3. The Labute approximate surface area is 128 Å². The summed E-state index contributed by atoms with van der Waals surface area (Å²) in [7, 11) is 0. The third-order valence-electron chi connectivity index (χ3n) is 2.77. The highest BCUT2D eigenvalue weighted by molar-refractivity contribution is 5.85. The first kappa shape index (κ1) is 16.5. The molecule has 9 heteroatoms. The molecule has 0 spiro atoms. The van der Waals surface area contributed by atoms with Crippen molar-refractivity contribution in [3.05, 3.63) is 46.2 Å². The molecule has 0 aliphatic rings. The van der Waals surface area contributed by atoms with Crippen LogP contribution in [0.2, 0.25) is 0 Å². The number of carbonyl (C=O) groups is 1. The van der Waals surface area contributed by atoms with Crippen LogP contribution in [0.5, 0.6) is 0 Å². The molecule has 0 bridgehead atoms. The first-order valence-corrected chi connectivity index (χ1v) is 6.42. The number of aryl methyl sites for hydroxylation is 1. The molecule has 0 aliphatic heterocycles. The number of nitrogens with one attached hydrogen (secondary N) is 2. The van der Waals surface area contributed by atoms with Gasteiger partial charge < -0.3 is 4.74 Å². The molecule has 0 aliphatic carbocycles. The van der Waals surface area contributed by atoms with Gasteiger partial charge in [0.05, 0.1) is 5.69 Å². The van der Waals surface area contributed by atoms with Crippen molar-refractivity contribution in [2.45, 2.75) is 13.1 Å².